The first-order valence-corrected chi connectivity index (χ1v) is 9.04. The standard InChI is InChI=1S/C20H29N/c1-20(10-4-5-11-20)14-21-19-17-8-9-18(19)13-16-7-3-2-6-15(16)12-17/h2-3,6-7,17-19,21H,4-5,8-14H2,1H3. The van der Waals surface area contributed by atoms with Crippen LogP contribution in [0.1, 0.15) is 56.6 Å². The first-order valence-electron chi connectivity index (χ1n) is 9.04. The topological polar surface area (TPSA) is 12.0 Å². The molecule has 3 aliphatic carbocycles. The fourth-order valence-corrected chi connectivity index (χ4v) is 5.25. The molecule has 21 heavy (non-hydrogen) atoms. The van der Waals surface area contributed by atoms with Gasteiger partial charge in [0, 0.05) is 12.6 Å². The third-order valence-corrected chi connectivity index (χ3v) is 6.58. The van der Waals surface area contributed by atoms with Crippen molar-refractivity contribution in [3.63, 3.8) is 0 Å². The van der Waals surface area contributed by atoms with Crippen LogP contribution in [0.3, 0.4) is 0 Å². The SMILES string of the molecule is CC1(CNC2C3CCC2Cc2ccccc2C3)CCCC1. The Morgan fingerprint density at radius 1 is 1.00 bits per heavy atom. The van der Waals surface area contributed by atoms with Gasteiger partial charge in [-0.15, -0.1) is 0 Å². The Morgan fingerprint density at radius 3 is 2.14 bits per heavy atom. The van der Waals surface area contributed by atoms with Crippen LogP contribution in [0.15, 0.2) is 24.3 Å². The Labute approximate surface area is 129 Å². The molecule has 1 N–H and O–H groups in total. The molecule has 0 saturated heterocycles. The van der Waals surface area contributed by atoms with Crippen LogP contribution >= 0.6 is 0 Å². The van der Waals surface area contributed by atoms with Gasteiger partial charge in [0.2, 0.25) is 0 Å². The maximum absolute atomic E-state index is 4.04. The van der Waals surface area contributed by atoms with E-state index in [1.165, 1.54) is 57.9 Å². The van der Waals surface area contributed by atoms with Crippen LogP contribution < -0.4 is 5.32 Å². The molecule has 2 saturated carbocycles. The van der Waals surface area contributed by atoms with Crippen LogP contribution in [0.25, 0.3) is 0 Å². The molecule has 3 aliphatic rings. The zero-order chi connectivity index (χ0) is 14.3. The van der Waals surface area contributed by atoms with Crippen LogP contribution in [-0.4, -0.2) is 12.6 Å². The zero-order valence-corrected chi connectivity index (χ0v) is 13.4. The average Bonchev–Trinajstić information content (AvgIpc) is 3.01. The van der Waals surface area contributed by atoms with E-state index in [2.05, 4.69) is 36.5 Å². The number of hydrogen-bond donors (Lipinski definition) is 1. The lowest BCUT2D eigenvalue weighted by Gasteiger charge is -2.30. The molecule has 0 aliphatic heterocycles. The molecular weight excluding hydrogens is 254 g/mol. The normalized spacial score (nSPS) is 33.7. The summed E-state index contributed by atoms with van der Waals surface area (Å²) in [7, 11) is 0. The fourth-order valence-electron chi connectivity index (χ4n) is 5.25. The van der Waals surface area contributed by atoms with Crippen molar-refractivity contribution in [3.8, 4) is 0 Å². The van der Waals surface area contributed by atoms with E-state index in [4.69, 9.17) is 0 Å². The fraction of sp³-hybridized carbons (Fsp3) is 0.700. The summed E-state index contributed by atoms with van der Waals surface area (Å²) in [4.78, 5) is 0. The van der Waals surface area contributed by atoms with Crippen molar-refractivity contribution in [2.45, 2.75) is 64.3 Å². The van der Waals surface area contributed by atoms with E-state index < -0.39 is 0 Å². The molecule has 0 heterocycles. The molecule has 0 aromatic heterocycles. The van der Waals surface area contributed by atoms with Gasteiger partial charge in [-0.1, -0.05) is 44.0 Å². The van der Waals surface area contributed by atoms with Crippen LogP contribution in [0.2, 0.25) is 0 Å². The van der Waals surface area contributed by atoms with Crippen LogP contribution in [-0.2, 0) is 12.8 Å². The van der Waals surface area contributed by atoms with E-state index >= 15 is 0 Å². The van der Waals surface area contributed by atoms with Crippen LogP contribution in [0, 0.1) is 17.3 Å². The minimum absolute atomic E-state index is 0.582. The Bertz CT molecular complexity index is 467. The average molecular weight is 283 g/mol. The van der Waals surface area contributed by atoms with E-state index in [1.54, 1.807) is 11.1 Å². The molecule has 1 aromatic rings. The van der Waals surface area contributed by atoms with Crippen molar-refractivity contribution in [2.75, 3.05) is 6.54 Å². The van der Waals surface area contributed by atoms with Gasteiger partial charge in [0.1, 0.15) is 0 Å². The summed E-state index contributed by atoms with van der Waals surface area (Å²) in [5.41, 5.74) is 3.84. The Balaban J connectivity index is 1.47. The summed E-state index contributed by atoms with van der Waals surface area (Å²) < 4.78 is 0. The van der Waals surface area contributed by atoms with Gasteiger partial charge < -0.3 is 5.32 Å². The second kappa shape index (κ2) is 5.43. The summed E-state index contributed by atoms with van der Waals surface area (Å²) >= 11 is 0. The largest absolute Gasteiger partial charge is 0.313 e. The van der Waals surface area contributed by atoms with Crippen molar-refractivity contribution in [1.29, 1.82) is 0 Å². The predicted octanol–water partition coefficient (Wildman–Crippen LogP) is 4.35. The molecule has 1 heteroatoms. The first kappa shape index (κ1) is 13.8. The second-order valence-electron chi connectivity index (χ2n) is 8.20. The van der Waals surface area contributed by atoms with E-state index in [1.807, 2.05) is 0 Å². The second-order valence-corrected chi connectivity index (χ2v) is 8.20. The quantitative estimate of drug-likeness (QED) is 0.869. The number of rotatable bonds is 3. The number of hydrogen-bond acceptors (Lipinski definition) is 1. The summed E-state index contributed by atoms with van der Waals surface area (Å²) in [6.45, 7) is 3.75. The lowest BCUT2D eigenvalue weighted by atomic mass is 9.87. The molecule has 1 nitrogen and oxygen atoms in total. The summed E-state index contributed by atoms with van der Waals surface area (Å²) in [5.74, 6) is 1.76. The maximum Gasteiger partial charge on any atom is 0.0130 e. The molecule has 4 rings (SSSR count). The molecule has 2 atom stereocenters. The molecule has 2 unspecified atom stereocenters. The Hall–Kier alpha value is -0.820. The van der Waals surface area contributed by atoms with Crippen molar-refractivity contribution in [1.82, 2.24) is 5.32 Å². The van der Waals surface area contributed by atoms with Gasteiger partial charge in [0.05, 0.1) is 0 Å². The van der Waals surface area contributed by atoms with Crippen molar-refractivity contribution < 1.29 is 0 Å². The Kier molecular flexibility index (Phi) is 3.57. The Morgan fingerprint density at radius 2 is 1.57 bits per heavy atom. The molecule has 0 spiro atoms. The maximum atomic E-state index is 4.04. The number of nitrogens with one attached hydrogen (secondary N) is 1. The lowest BCUT2D eigenvalue weighted by Crippen LogP contribution is -2.43. The summed E-state index contributed by atoms with van der Waals surface area (Å²) in [6, 6.07) is 9.95. The molecule has 0 amide bonds. The van der Waals surface area contributed by atoms with Crippen molar-refractivity contribution in [3.05, 3.63) is 35.4 Å². The van der Waals surface area contributed by atoms with Gasteiger partial charge in [0.15, 0.2) is 0 Å². The van der Waals surface area contributed by atoms with Gasteiger partial charge in [-0.05, 0) is 66.9 Å². The highest BCUT2D eigenvalue weighted by molar-refractivity contribution is 5.30. The number of fused-ring (bicyclic) bond motifs is 3. The van der Waals surface area contributed by atoms with E-state index in [9.17, 15) is 0 Å². The van der Waals surface area contributed by atoms with Gasteiger partial charge >= 0.3 is 0 Å². The smallest absolute Gasteiger partial charge is 0.0130 e. The third kappa shape index (κ3) is 2.65. The van der Waals surface area contributed by atoms with E-state index in [0.29, 0.717) is 5.41 Å². The minimum Gasteiger partial charge on any atom is -0.313 e. The minimum atomic E-state index is 0.582. The zero-order valence-electron chi connectivity index (χ0n) is 13.4. The summed E-state index contributed by atoms with van der Waals surface area (Å²) in [6.07, 6.45) is 11.2. The van der Waals surface area contributed by atoms with Crippen molar-refractivity contribution in [2.24, 2.45) is 17.3 Å². The summed E-state index contributed by atoms with van der Waals surface area (Å²) in [5, 5.41) is 4.04. The first-order chi connectivity index (χ1) is 10.2. The highest BCUT2D eigenvalue weighted by Gasteiger charge is 2.40. The molecule has 2 bridgehead atoms. The molecule has 114 valence electrons. The van der Waals surface area contributed by atoms with Crippen LogP contribution in [0.5, 0.6) is 0 Å². The highest BCUT2D eigenvalue weighted by atomic mass is 15.0. The van der Waals surface area contributed by atoms with Crippen LogP contribution in [0.4, 0.5) is 0 Å². The van der Waals surface area contributed by atoms with Gasteiger partial charge in [-0.25, -0.2) is 0 Å². The molecule has 2 fully saturated rings. The molecule has 1 aromatic carbocycles. The predicted molar refractivity (Wildman–Crippen MR) is 88.4 cm³/mol. The van der Waals surface area contributed by atoms with Gasteiger partial charge in [-0.3, -0.25) is 0 Å². The van der Waals surface area contributed by atoms with E-state index in [-0.39, 0.29) is 0 Å². The van der Waals surface area contributed by atoms with Gasteiger partial charge in [0.25, 0.3) is 0 Å². The molecular formula is C20H29N. The van der Waals surface area contributed by atoms with Crippen molar-refractivity contribution >= 4 is 0 Å². The highest BCUT2D eigenvalue weighted by Crippen LogP contribution is 2.42. The van der Waals surface area contributed by atoms with E-state index in [0.717, 1.165) is 17.9 Å². The van der Waals surface area contributed by atoms with Gasteiger partial charge in [-0.2, -0.15) is 0 Å². The lowest BCUT2D eigenvalue weighted by molar-refractivity contribution is 0.256. The monoisotopic (exact) mass is 283 g/mol. The third-order valence-electron chi connectivity index (χ3n) is 6.58. The number of benzene rings is 1. The molecule has 0 radical (unpaired) electrons.